The molecule has 0 atom stereocenters. The number of fused-ring (bicyclic) bond motifs is 1. The van der Waals surface area contributed by atoms with Gasteiger partial charge in [-0.1, -0.05) is 35.3 Å². The highest BCUT2D eigenvalue weighted by atomic mass is 35.5. The Balaban J connectivity index is 1.90. The zero-order valence-corrected chi connectivity index (χ0v) is 20.2. The number of alkyl halides is 3. The van der Waals surface area contributed by atoms with Crippen LogP contribution in [0.5, 0.6) is 5.75 Å². The summed E-state index contributed by atoms with van der Waals surface area (Å²) < 4.78 is 49.9. The number of Topliss-reactive ketones (excluding diaryl/α,β-unsaturated/α-hetero) is 1. The number of pyridine rings is 1. The molecule has 2 aromatic carbocycles. The maximum atomic E-state index is 14.5. The number of halogens is 5. The van der Waals surface area contributed by atoms with Crippen LogP contribution in [-0.4, -0.2) is 27.8 Å². The molecule has 0 saturated carbocycles. The minimum atomic E-state index is -4.96. The van der Waals surface area contributed by atoms with E-state index in [-0.39, 0.29) is 40.6 Å². The molecule has 6 nitrogen and oxygen atoms in total. The van der Waals surface area contributed by atoms with E-state index in [1.807, 2.05) is 0 Å². The summed E-state index contributed by atoms with van der Waals surface area (Å²) in [6.45, 7) is 1.76. The molecule has 4 rings (SSSR count). The van der Waals surface area contributed by atoms with Crippen LogP contribution in [-0.2, 0) is 17.5 Å². The van der Waals surface area contributed by atoms with Gasteiger partial charge in [-0.25, -0.2) is 4.98 Å². The van der Waals surface area contributed by atoms with Gasteiger partial charge in [0.2, 0.25) is 0 Å². The number of amides is 1. The van der Waals surface area contributed by atoms with Crippen LogP contribution in [0.2, 0.25) is 10.2 Å². The van der Waals surface area contributed by atoms with Crippen molar-refractivity contribution in [3.63, 3.8) is 0 Å². The standard InChI is InChI=1S/C25H18Cl2F3N3O3/c1-2-36-17-7-8-19-18(12-17)21(22(34)24(35)32-16-9-10-31-20(27)11-16)23(25(28,29)30)33(19)13-14-3-5-15(26)6-4-14/h3-12H,2,13H2,1H3,(H,31,32,35). The normalized spacial score (nSPS) is 11.5. The van der Waals surface area contributed by atoms with Crippen molar-refractivity contribution in [2.75, 3.05) is 11.9 Å². The van der Waals surface area contributed by atoms with Gasteiger partial charge in [0.1, 0.15) is 16.6 Å². The fraction of sp³-hybridized carbons (Fsp3) is 0.160. The number of benzene rings is 2. The second kappa shape index (κ2) is 10.2. The summed E-state index contributed by atoms with van der Waals surface area (Å²) >= 11 is 11.7. The van der Waals surface area contributed by atoms with Gasteiger partial charge in [-0.05, 0) is 55.0 Å². The zero-order valence-electron chi connectivity index (χ0n) is 18.7. The molecule has 0 aliphatic carbocycles. The van der Waals surface area contributed by atoms with Gasteiger partial charge >= 0.3 is 6.18 Å². The number of hydrogen-bond acceptors (Lipinski definition) is 4. The van der Waals surface area contributed by atoms with Crippen molar-refractivity contribution in [3.05, 3.63) is 87.8 Å². The molecular formula is C25H18Cl2F3N3O3. The van der Waals surface area contributed by atoms with Crippen molar-refractivity contribution in [3.8, 4) is 5.75 Å². The van der Waals surface area contributed by atoms with E-state index in [1.54, 1.807) is 31.2 Å². The predicted octanol–water partition coefficient (Wildman–Crippen LogP) is 6.63. The van der Waals surface area contributed by atoms with Crippen LogP contribution < -0.4 is 10.1 Å². The number of rotatable bonds is 7. The molecule has 186 valence electrons. The van der Waals surface area contributed by atoms with Crippen molar-refractivity contribution in [2.45, 2.75) is 19.6 Å². The molecule has 0 radical (unpaired) electrons. The number of aromatic nitrogens is 2. The lowest BCUT2D eigenvalue weighted by Gasteiger charge is -2.15. The third-order valence-corrected chi connectivity index (χ3v) is 5.74. The van der Waals surface area contributed by atoms with Crippen molar-refractivity contribution < 1.29 is 27.5 Å². The second-order valence-corrected chi connectivity index (χ2v) is 8.52. The van der Waals surface area contributed by atoms with Gasteiger partial charge in [-0.2, -0.15) is 13.2 Å². The molecule has 0 unspecified atom stereocenters. The average Bonchev–Trinajstić information content (AvgIpc) is 3.14. The Hall–Kier alpha value is -3.56. The maximum Gasteiger partial charge on any atom is 0.432 e. The highest BCUT2D eigenvalue weighted by Crippen LogP contribution is 2.40. The summed E-state index contributed by atoms with van der Waals surface area (Å²) in [6.07, 6.45) is -3.67. The monoisotopic (exact) mass is 535 g/mol. The van der Waals surface area contributed by atoms with Crippen molar-refractivity contribution in [1.29, 1.82) is 0 Å². The van der Waals surface area contributed by atoms with Crippen LogP contribution in [0.25, 0.3) is 10.9 Å². The van der Waals surface area contributed by atoms with Crippen LogP contribution in [0.15, 0.2) is 60.8 Å². The molecule has 0 spiro atoms. The highest BCUT2D eigenvalue weighted by molar-refractivity contribution is 6.48. The number of carbonyl (C=O) groups is 2. The van der Waals surface area contributed by atoms with E-state index < -0.39 is 29.1 Å². The summed E-state index contributed by atoms with van der Waals surface area (Å²) in [5.41, 5.74) is -1.27. The predicted molar refractivity (Wildman–Crippen MR) is 131 cm³/mol. The molecule has 0 fully saturated rings. The van der Waals surface area contributed by atoms with E-state index in [4.69, 9.17) is 27.9 Å². The van der Waals surface area contributed by atoms with Gasteiger partial charge < -0.3 is 14.6 Å². The Morgan fingerprint density at radius 1 is 1.06 bits per heavy atom. The molecule has 2 heterocycles. The molecule has 11 heteroatoms. The summed E-state index contributed by atoms with van der Waals surface area (Å²) in [6, 6.07) is 13.2. The minimum Gasteiger partial charge on any atom is -0.494 e. The number of ketones is 1. The maximum absolute atomic E-state index is 14.5. The van der Waals surface area contributed by atoms with E-state index in [2.05, 4.69) is 10.3 Å². The minimum absolute atomic E-state index is 0.0390. The SMILES string of the molecule is CCOc1ccc2c(c1)c(C(=O)C(=O)Nc1ccnc(Cl)c1)c(C(F)(F)F)n2Cc1ccc(Cl)cc1. The van der Waals surface area contributed by atoms with Gasteiger partial charge in [-0.3, -0.25) is 9.59 Å². The fourth-order valence-electron chi connectivity index (χ4n) is 3.83. The largest absolute Gasteiger partial charge is 0.494 e. The Labute approximate surface area is 213 Å². The molecule has 0 bridgehead atoms. The molecule has 1 amide bonds. The lowest BCUT2D eigenvalue weighted by atomic mass is 10.0. The quantitative estimate of drug-likeness (QED) is 0.164. The van der Waals surface area contributed by atoms with Gasteiger partial charge in [0.05, 0.1) is 12.2 Å². The molecule has 2 aromatic heterocycles. The number of carbonyl (C=O) groups excluding carboxylic acids is 2. The Morgan fingerprint density at radius 3 is 2.42 bits per heavy atom. The first-order chi connectivity index (χ1) is 17.1. The van der Waals surface area contributed by atoms with Crippen LogP contribution in [0.3, 0.4) is 0 Å². The number of ether oxygens (including phenoxy) is 1. The van der Waals surface area contributed by atoms with Gasteiger partial charge in [0.15, 0.2) is 0 Å². The number of nitrogens with one attached hydrogen (secondary N) is 1. The third kappa shape index (κ3) is 5.32. The van der Waals surface area contributed by atoms with Gasteiger partial charge in [0, 0.05) is 34.4 Å². The smallest absolute Gasteiger partial charge is 0.432 e. The first-order valence-electron chi connectivity index (χ1n) is 10.7. The Bertz CT molecular complexity index is 1450. The second-order valence-electron chi connectivity index (χ2n) is 7.70. The van der Waals surface area contributed by atoms with E-state index in [9.17, 15) is 22.8 Å². The van der Waals surface area contributed by atoms with Crippen LogP contribution in [0, 0.1) is 0 Å². The van der Waals surface area contributed by atoms with E-state index in [1.165, 1.54) is 36.5 Å². The molecular weight excluding hydrogens is 518 g/mol. The van der Waals surface area contributed by atoms with E-state index >= 15 is 0 Å². The number of nitrogens with zero attached hydrogens (tertiary/aromatic N) is 2. The Morgan fingerprint density at radius 2 is 1.78 bits per heavy atom. The summed E-state index contributed by atoms with van der Waals surface area (Å²) in [5, 5.41) is 2.70. The van der Waals surface area contributed by atoms with Crippen molar-refractivity contribution in [1.82, 2.24) is 9.55 Å². The topological polar surface area (TPSA) is 73.2 Å². The van der Waals surface area contributed by atoms with Crippen LogP contribution >= 0.6 is 23.2 Å². The first kappa shape index (κ1) is 25.5. The molecule has 1 N–H and O–H groups in total. The molecule has 4 aromatic rings. The molecule has 0 aliphatic heterocycles. The number of hydrogen-bond donors (Lipinski definition) is 1. The van der Waals surface area contributed by atoms with E-state index in [0.29, 0.717) is 10.6 Å². The van der Waals surface area contributed by atoms with E-state index in [0.717, 1.165) is 4.57 Å². The third-order valence-electron chi connectivity index (χ3n) is 5.29. The molecule has 0 aliphatic rings. The summed E-state index contributed by atoms with van der Waals surface area (Å²) in [7, 11) is 0. The number of anilines is 1. The average molecular weight is 536 g/mol. The van der Waals surface area contributed by atoms with Crippen LogP contribution in [0.1, 0.15) is 28.5 Å². The summed E-state index contributed by atoms with van der Waals surface area (Å²) in [5.74, 6) is -2.35. The summed E-state index contributed by atoms with van der Waals surface area (Å²) in [4.78, 5) is 29.8. The highest BCUT2D eigenvalue weighted by Gasteiger charge is 2.42. The molecule has 0 saturated heterocycles. The lowest BCUT2D eigenvalue weighted by Crippen LogP contribution is -2.26. The van der Waals surface area contributed by atoms with Crippen LogP contribution in [0.4, 0.5) is 18.9 Å². The molecule has 36 heavy (non-hydrogen) atoms. The van der Waals surface area contributed by atoms with Gasteiger partial charge in [0.25, 0.3) is 11.7 Å². The zero-order chi connectivity index (χ0) is 26.0. The first-order valence-corrected chi connectivity index (χ1v) is 11.4. The van der Waals surface area contributed by atoms with Gasteiger partial charge in [-0.15, -0.1) is 0 Å². The fourth-order valence-corrected chi connectivity index (χ4v) is 4.13. The lowest BCUT2D eigenvalue weighted by molar-refractivity contribution is -0.143. The van der Waals surface area contributed by atoms with Crippen molar-refractivity contribution >= 4 is 51.5 Å². The van der Waals surface area contributed by atoms with Crippen molar-refractivity contribution in [2.24, 2.45) is 0 Å². The Kier molecular flexibility index (Phi) is 7.23.